The molecule has 0 saturated carbocycles. The Labute approximate surface area is 125 Å². The molecular formula is C15H15F3N2O2. The van der Waals surface area contributed by atoms with Crippen LogP contribution in [0.5, 0.6) is 11.8 Å². The number of halogens is 3. The van der Waals surface area contributed by atoms with E-state index in [1.54, 1.807) is 0 Å². The summed E-state index contributed by atoms with van der Waals surface area (Å²) in [7, 11) is 0. The van der Waals surface area contributed by atoms with Gasteiger partial charge in [0.05, 0.1) is 6.07 Å². The van der Waals surface area contributed by atoms with Crippen LogP contribution in [0.25, 0.3) is 0 Å². The number of aromatic nitrogens is 2. The Morgan fingerprint density at radius 2 is 1.73 bits per heavy atom. The lowest BCUT2D eigenvalue weighted by molar-refractivity contribution is -0.0949. The van der Waals surface area contributed by atoms with Crippen molar-refractivity contribution in [3.63, 3.8) is 0 Å². The number of benzene rings is 1. The zero-order valence-corrected chi connectivity index (χ0v) is 11.9. The lowest BCUT2D eigenvalue weighted by Crippen LogP contribution is -2.34. The fourth-order valence-electron chi connectivity index (χ4n) is 1.50. The van der Waals surface area contributed by atoms with E-state index in [1.807, 2.05) is 30.3 Å². The second kappa shape index (κ2) is 7.11. The lowest BCUT2D eigenvalue weighted by Gasteiger charge is -2.17. The molecule has 0 saturated heterocycles. The average Bonchev–Trinajstić information content (AvgIpc) is 2.52. The third kappa shape index (κ3) is 4.61. The van der Waals surface area contributed by atoms with E-state index < -0.39 is 18.7 Å². The van der Waals surface area contributed by atoms with Gasteiger partial charge in [-0.3, -0.25) is 0 Å². The minimum Gasteiger partial charge on any atom is -0.473 e. The van der Waals surface area contributed by atoms with E-state index >= 15 is 0 Å². The van der Waals surface area contributed by atoms with Crippen molar-refractivity contribution in [3.8, 4) is 11.8 Å². The van der Waals surface area contributed by atoms with Crippen LogP contribution in [0.15, 0.2) is 42.7 Å². The van der Waals surface area contributed by atoms with E-state index in [4.69, 9.17) is 9.47 Å². The maximum atomic E-state index is 13.1. The molecule has 0 fully saturated rings. The molecule has 0 aliphatic carbocycles. The summed E-state index contributed by atoms with van der Waals surface area (Å²) in [6.07, 6.45) is -1.17. The van der Waals surface area contributed by atoms with E-state index in [-0.39, 0.29) is 18.4 Å². The van der Waals surface area contributed by atoms with Crippen LogP contribution in [0.1, 0.15) is 12.5 Å². The summed E-state index contributed by atoms with van der Waals surface area (Å²) < 4.78 is 49.2. The molecule has 1 aromatic carbocycles. The number of hydrogen-bond acceptors (Lipinski definition) is 4. The molecule has 1 atom stereocenters. The highest BCUT2D eigenvalue weighted by atomic mass is 19.3. The molecule has 7 heteroatoms. The zero-order chi connectivity index (χ0) is 16.0. The Morgan fingerprint density at radius 1 is 1.09 bits per heavy atom. The predicted octanol–water partition coefficient (Wildman–Crippen LogP) is 3.43. The van der Waals surface area contributed by atoms with Crippen LogP contribution in [-0.4, -0.2) is 28.7 Å². The number of alkyl halides is 3. The quantitative estimate of drug-likeness (QED) is 0.786. The van der Waals surface area contributed by atoms with Crippen molar-refractivity contribution in [1.29, 1.82) is 0 Å². The molecule has 1 aromatic heterocycles. The van der Waals surface area contributed by atoms with E-state index in [0.717, 1.165) is 18.8 Å². The zero-order valence-electron chi connectivity index (χ0n) is 11.9. The number of ether oxygens (including phenoxy) is 2. The fraction of sp³-hybridized carbons (Fsp3) is 0.333. The first-order valence-electron chi connectivity index (χ1n) is 6.61. The van der Waals surface area contributed by atoms with E-state index in [0.29, 0.717) is 0 Å². The highest BCUT2D eigenvalue weighted by Crippen LogP contribution is 2.23. The Kier molecular flexibility index (Phi) is 5.19. The molecule has 118 valence electrons. The van der Waals surface area contributed by atoms with E-state index in [1.165, 1.54) is 6.07 Å². The van der Waals surface area contributed by atoms with Gasteiger partial charge in [-0.1, -0.05) is 30.3 Å². The third-order valence-corrected chi connectivity index (χ3v) is 2.84. The van der Waals surface area contributed by atoms with Crippen LogP contribution < -0.4 is 9.47 Å². The van der Waals surface area contributed by atoms with Gasteiger partial charge in [0.25, 0.3) is 0 Å². The minimum absolute atomic E-state index is 0.0987. The van der Waals surface area contributed by atoms with Gasteiger partial charge in [-0.15, -0.1) is 0 Å². The first kappa shape index (κ1) is 16.1. The molecule has 2 aromatic rings. The minimum atomic E-state index is -3.57. The summed E-state index contributed by atoms with van der Waals surface area (Å²) in [5.74, 6) is -3.49. The topological polar surface area (TPSA) is 44.2 Å². The maximum absolute atomic E-state index is 13.1. The standard InChI is InChI=1S/C15H15F3N2O2/c1-11(16)15(17,18)9-22-14-7-13(19-10-20-14)21-8-12-5-3-2-4-6-12/h2-7,10-11H,8-9H2,1H3. The summed E-state index contributed by atoms with van der Waals surface area (Å²) >= 11 is 0. The van der Waals surface area contributed by atoms with E-state index in [9.17, 15) is 13.2 Å². The maximum Gasteiger partial charge on any atom is 0.311 e. The summed E-state index contributed by atoms with van der Waals surface area (Å²) in [5, 5.41) is 0. The van der Waals surface area contributed by atoms with Gasteiger partial charge >= 0.3 is 5.92 Å². The van der Waals surface area contributed by atoms with Crippen molar-refractivity contribution in [3.05, 3.63) is 48.3 Å². The van der Waals surface area contributed by atoms with E-state index in [2.05, 4.69) is 9.97 Å². The van der Waals surface area contributed by atoms with Crippen LogP contribution in [-0.2, 0) is 6.61 Å². The summed E-state index contributed by atoms with van der Waals surface area (Å²) in [6, 6.07) is 10.7. The molecule has 4 nitrogen and oxygen atoms in total. The lowest BCUT2D eigenvalue weighted by atomic mass is 10.2. The normalized spacial score (nSPS) is 12.7. The van der Waals surface area contributed by atoms with Crippen molar-refractivity contribution in [1.82, 2.24) is 9.97 Å². The largest absolute Gasteiger partial charge is 0.473 e. The highest BCUT2D eigenvalue weighted by molar-refractivity contribution is 5.20. The van der Waals surface area contributed by atoms with Crippen LogP contribution >= 0.6 is 0 Å². The molecule has 1 unspecified atom stereocenters. The van der Waals surface area contributed by atoms with Crippen molar-refractivity contribution in [2.45, 2.75) is 25.6 Å². The second-order valence-electron chi connectivity index (χ2n) is 4.63. The smallest absolute Gasteiger partial charge is 0.311 e. The predicted molar refractivity (Wildman–Crippen MR) is 73.8 cm³/mol. The average molecular weight is 312 g/mol. The molecule has 1 heterocycles. The Balaban J connectivity index is 1.92. The molecule has 2 rings (SSSR count). The van der Waals surface area contributed by atoms with Gasteiger partial charge < -0.3 is 9.47 Å². The third-order valence-electron chi connectivity index (χ3n) is 2.84. The Hall–Kier alpha value is -2.31. The van der Waals surface area contributed by atoms with Crippen molar-refractivity contribution < 1.29 is 22.6 Å². The fourth-order valence-corrected chi connectivity index (χ4v) is 1.50. The molecule has 0 bridgehead atoms. The molecule has 0 N–H and O–H groups in total. The van der Waals surface area contributed by atoms with Gasteiger partial charge in [0.2, 0.25) is 11.8 Å². The highest BCUT2D eigenvalue weighted by Gasteiger charge is 2.38. The van der Waals surface area contributed by atoms with Crippen molar-refractivity contribution in [2.75, 3.05) is 6.61 Å². The summed E-state index contributed by atoms with van der Waals surface area (Å²) in [5.41, 5.74) is 0.932. The number of hydrogen-bond donors (Lipinski definition) is 0. The Bertz CT molecular complexity index is 594. The SMILES string of the molecule is CC(F)C(F)(F)COc1cc(OCc2ccccc2)ncn1. The van der Waals surface area contributed by atoms with Crippen molar-refractivity contribution in [2.24, 2.45) is 0 Å². The molecule has 0 radical (unpaired) electrons. The van der Waals surface area contributed by atoms with Gasteiger partial charge in [-0.05, 0) is 12.5 Å². The van der Waals surface area contributed by atoms with Crippen LogP contribution in [0.4, 0.5) is 13.2 Å². The Morgan fingerprint density at radius 3 is 2.36 bits per heavy atom. The van der Waals surface area contributed by atoms with Gasteiger partial charge in [0.1, 0.15) is 12.9 Å². The van der Waals surface area contributed by atoms with Gasteiger partial charge in [-0.25, -0.2) is 14.4 Å². The monoisotopic (exact) mass is 312 g/mol. The summed E-state index contributed by atoms with van der Waals surface area (Å²) in [6.45, 7) is -0.0491. The first-order chi connectivity index (χ1) is 10.5. The van der Waals surface area contributed by atoms with Crippen LogP contribution in [0, 0.1) is 0 Å². The van der Waals surface area contributed by atoms with Crippen molar-refractivity contribution >= 4 is 0 Å². The van der Waals surface area contributed by atoms with Crippen LogP contribution in [0.2, 0.25) is 0 Å². The number of rotatable bonds is 7. The van der Waals surface area contributed by atoms with Crippen LogP contribution in [0.3, 0.4) is 0 Å². The molecule has 0 spiro atoms. The van der Waals surface area contributed by atoms with Gasteiger partial charge in [0, 0.05) is 0 Å². The molecule has 0 amide bonds. The molecule has 0 aliphatic heterocycles. The second-order valence-corrected chi connectivity index (χ2v) is 4.63. The number of nitrogens with zero attached hydrogens (tertiary/aromatic N) is 2. The molecular weight excluding hydrogens is 297 g/mol. The first-order valence-corrected chi connectivity index (χ1v) is 6.61. The molecule has 0 aliphatic rings. The van der Waals surface area contributed by atoms with Gasteiger partial charge in [0.15, 0.2) is 12.8 Å². The van der Waals surface area contributed by atoms with Gasteiger partial charge in [-0.2, -0.15) is 8.78 Å². The summed E-state index contributed by atoms with van der Waals surface area (Å²) in [4.78, 5) is 7.55. The molecule has 22 heavy (non-hydrogen) atoms.